The molecule has 10 heteroatoms. The quantitative estimate of drug-likeness (QED) is 0.667. The molecule has 0 unspecified atom stereocenters. The van der Waals surface area contributed by atoms with Crippen LogP contribution in [0.5, 0.6) is 0 Å². The number of nitrogens with one attached hydrogen (secondary N) is 1. The van der Waals surface area contributed by atoms with Crippen LogP contribution in [0.1, 0.15) is 20.9 Å². The summed E-state index contributed by atoms with van der Waals surface area (Å²) in [6, 6.07) is 3.43. The van der Waals surface area contributed by atoms with E-state index in [4.69, 9.17) is 40.5 Å². The molecule has 1 aromatic carbocycles. The molecule has 0 aliphatic rings. The smallest absolute Gasteiger partial charge is 0.260 e. The van der Waals surface area contributed by atoms with Crippen LogP contribution in [0.25, 0.3) is 10.7 Å². The number of primary amides is 1. The SMILES string of the molecule is NC(=O)c1cnc(-c2n[nH]nc2Cc2cc(Cl)c(Cl)c(Cl)c2)s1. The van der Waals surface area contributed by atoms with Crippen molar-refractivity contribution >= 4 is 52.0 Å². The van der Waals surface area contributed by atoms with Crippen LogP contribution in [0.2, 0.25) is 15.1 Å². The van der Waals surface area contributed by atoms with Gasteiger partial charge in [0.1, 0.15) is 15.6 Å². The molecule has 0 bridgehead atoms. The van der Waals surface area contributed by atoms with Gasteiger partial charge in [-0.2, -0.15) is 15.4 Å². The van der Waals surface area contributed by atoms with Gasteiger partial charge in [0.05, 0.1) is 27.0 Å². The van der Waals surface area contributed by atoms with Gasteiger partial charge in [0.15, 0.2) is 0 Å². The van der Waals surface area contributed by atoms with E-state index in [1.165, 1.54) is 6.20 Å². The number of rotatable bonds is 4. The highest BCUT2D eigenvalue weighted by molar-refractivity contribution is 7.16. The van der Waals surface area contributed by atoms with Gasteiger partial charge in [0.25, 0.3) is 5.91 Å². The molecular weight excluding hydrogens is 381 g/mol. The van der Waals surface area contributed by atoms with Gasteiger partial charge in [-0.3, -0.25) is 4.79 Å². The molecule has 0 radical (unpaired) electrons. The largest absolute Gasteiger partial charge is 0.365 e. The van der Waals surface area contributed by atoms with Crippen LogP contribution < -0.4 is 5.73 Å². The van der Waals surface area contributed by atoms with Crippen LogP contribution in [-0.2, 0) is 6.42 Å². The van der Waals surface area contributed by atoms with Crippen molar-refractivity contribution in [2.45, 2.75) is 6.42 Å². The molecule has 3 aromatic rings. The first-order valence-electron chi connectivity index (χ1n) is 6.24. The Morgan fingerprint density at radius 2 is 1.91 bits per heavy atom. The molecule has 0 fully saturated rings. The minimum atomic E-state index is -0.532. The number of aromatic nitrogens is 4. The van der Waals surface area contributed by atoms with Gasteiger partial charge < -0.3 is 5.73 Å². The highest BCUT2D eigenvalue weighted by atomic mass is 35.5. The molecule has 3 rings (SSSR count). The van der Waals surface area contributed by atoms with E-state index in [2.05, 4.69) is 20.4 Å². The van der Waals surface area contributed by atoms with Crippen molar-refractivity contribution in [3.05, 3.63) is 49.5 Å². The fourth-order valence-corrected chi connectivity index (χ4v) is 3.37. The summed E-state index contributed by atoms with van der Waals surface area (Å²) in [5.74, 6) is -0.532. The molecule has 6 nitrogen and oxygen atoms in total. The third-order valence-corrected chi connectivity index (χ3v) is 5.20. The van der Waals surface area contributed by atoms with Crippen LogP contribution in [0.15, 0.2) is 18.3 Å². The van der Waals surface area contributed by atoms with E-state index in [1.807, 2.05) is 0 Å². The summed E-state index contributed by atoms with van der Waals surface area (Å²) in [6.45, 7) is 0. The maximum Gasteiger partial charge on any atom is 0.260 e. The van der Waals surface area contributed by atoms with E-state index in [-0.39, 0.29) is 0 Å². The molecular formula is C13H8Cl3N5OS. The lowest BCUT2D eigenvalue weighted by atomic mass is 10.1. The van der Waals surface area contributed by atoms with E-state index in [1.54, 1.807) is 12.1 Å². The summed E-state index contributed by atoms with van der Waals surface area (Å²) in [7, 11) is 0. The summed E-state index contributed by atoms with van der Waals surface area (Å²) in [6.07, 6.45) is 1.84. The Balaban J connectivity index is 1.93. The van der Waals surface area contributed by atoms with Crippen LogP contribution in [0.3, 0.4) is 0 Å². The number of nitrogens with two attached hydrogens (primary N) is 1. The third-order valence-electron chi connectivity index (χ3n) is 2.99. The van der Waals surface area contributed by atoms with Gasteiger partial charge in [0, 0.05) is 6.42 Å². The first-order chi connectivity index (χ1) is 11.0. The number of hydrogen-bond donors (Lipinski definition) is 2. The van der Waals surface area contributed by atoms with E-state index in [0.29, 0.717) is 42.8 Å². The second-order valence-electron chi connectivity index (χ2n) is 4.56. The van der Waals surface area contributed by atoms with Crippen LogP contribution in [-0.4, -0.2) is 26.3 Å². The Labute approximate surface area is 149 Å². The summed E-state index contributed by atoms with van der Waals surface area (Å²) >= 11 is 19.2. The highest BCUT2D eigenvalue weighted by Crippen LogP contribution is 2.33. The monoisotopic (exact) mass is 387 g/mol. The maximum absolute atomic E-state index is 11.2. The zero-order valence-electron chi connectivity index (χ0n) is 11.3. The van der Waals surface area contributed by atoms with Crippen molar-refractivity contribution in [2.75, 3.05) is 0 Å². The minimum Gasteiger partial charge on any atom is -0.365 e. The predicted molar refractivity (Wildman–Crippen MR) is 90.3 cm³/mol. The number of carbonyl (C=O) groups excluding carboxylic acids is 1. The van der Waals surface area contributed by atoms with Gasteiger partial charge in [-0.05, 0) is 17.7 Å². The van der Waals surface area contributed by atoms with Crippen LogP contribution >= 0.6 is 46.1 Å². The lowest BCUT2D eigenvalue weighted by Crippen LogP contribution is -2.08. The average Bonchev–Trinajstić information content (AvgIpc) is 3.13. The summed E-state index contributed by atoms with van der Waals surface area (Å²) in [5.41, 5.74) is 7.25. The molecule has 0 atom stereocenters. The summed E-state index contributed by atoms with van der Waals surface area (Å²) < 4.78 is 0. The molecule has 0 aliphatic heterocycles. The van der Waals surface area contributed by atoms with E-state index < -0.39 is 5.91 Å². The van der Waals surface area contributed by atoms with Crippen LogP contribution in [0.4, 0.5) is 0 Å². The van der Waals surface area contributed by atoms with Crippen molar-refractivity contribution < 1.29 is 4.79 Å². The Morgan fingerprint density at radius 1 is 1.22 bits per heavy atom. The molecule has 23 heavy (non-hydrogen) atoms. The molecule has 0 saturated heterocycles. The molecule has 0 saturated carbocycles. The molecule has 0 spiro atoms. The molecule has 3 N–H and O–H groups in total. The Morgan fingerprint density at radius 3 is 2.52 bits per heavy atom. The predicted octanol–water partition coefficient (Wildman–Crippen LogP) is 3.58. The van der Waals surface area contributed by atoms with Crippen molar-refractivity contribution in [3.63, 3.8) is 0 Å². The topological polar surface area (TPSA) is 97.5 Å². The molecule has 2 heterocycles. The van der Waals surface area contributed by atoms with Crippen molar-refractivity contribution in [1.29, 1.82) is 0 Å². The first kappa shape index (κ1) is 16.2. The first-order valence-corrected chi connectivity index (χ1v) is 8.20. The third kappa shape index (κ3) is 3.32. The Bertz CT molecular complexity index is 868. The number of thiazole rings is 1. The number of amides is 1. The number of carbonyl (C=O) groups is 1. The fourth-order valence-electron chi connectivity index (χ4n) is 1.95. The van der Waals surface area contributed by atoms with Gasteiger partial charge in [0.2, 0.25) is 0 Å². The summed E-state index contributed by atoms with van der Waals surface area (Å²) in [4.78, 5) is 15.7. The lowest BCUT2D eigenvalue weighted by Gasteiger charge is -2.04. The highest BCUT2D eigenvalue weighted by Gasteiger charge is 2.17. The molecule has 118 valence electrons. The van der Waals surface area contributed by atoms with E-state index >= 15 is 0 Å². The number of hydrogen-bond acceptors (Lipinski definition) is 5. The molecule has 2 aromatic heterocycles. The number of benzene rings is 1. The fraction of sp³-hybridized carbons (Fsp3) is 0.0769. The molecule has 1 amide bonds. The number of aromatic amines is 1. The van der Waals surface area contributed by atoms with Gasteiger partial charge in [-0.15, -0.1) is 11.3 Å². The van der Waals surface area contributed by atoms with Crippen molar-refractivity contribution in [1.82, 2.24) is 20.4 Å². The molecule has 0 aliphatic carbocycles. The van der Waals surface area contributed by atoms with Gasteiger partial charge in [-0.1, -0.05) is 34.8 Å². The Hall–Kier alpha value is -1.67. The standard InChI is InChI=1S/C13H8Cl3N5OS/c14-6-1-5(2-7(15)10(6)16)3-8-11(20-21-19-8)13-18-4-9(23-13)12(17)22/h1-2,4H,3H2,(H2,17,22)(H,19,20,21). The normalized spacial score (nSPS) is 10.9. The zero-order valence-corrected chi connectivity index (χ0v) is 14.4. The number of H-pyrrole nitrogens is 1. The lowest BCUT2D eigenvalue weighted by molar-refractivity contribution is 0.100. The summed E-state index contributed by atoms with van der Waals surface area (Å²) in [5, 5.41) is 12.3. The average molecular weight is 389 g/mol. The van der Waals surface area contributed by atoms with Crippen molar-refractivity contribution in [2.24, 2.45) is 5.73 Å². The van der Waals surface area contributed by atoms with E-state index in [9.17, 15) is 4.79 Å². The minimum absolute atomic E-state index is 0.309. The van der Waals surface area contributed by atoms with Gasteiger partial charge >= 0.3 is 0 Å². The van der Waals surface area contributed by atoms with E-state index in [0.717, 1.165) is 16.9 Å². The second-order valence-corrected chi connectivity index (χ2v) is 6.79. The van der Waals surface area contributed by atoms with Crippen molar-refractivity contribution in [3.8, 4) is 10.7 Å². The second kappa shape index (κ2) is 6.45. The van der Waals surface area contributed by atoms with Crippen LogP contribution in [0, 0.1) is 0 Å². The Kier molecular flexibility index (Phi) is 4.54. The van der Waals surface area contributed by atoms with Gasteiger partial charge in [-0.25, -0.2) is 4.98 Å². The number of halogens is 3. The number of nitrogens with zero attached hydrogens (tertiary/aromatic N) is 3. The maximum atomic E-state index is 11.2. The zero-order chi connectivity index (χ0) is 16.6.